The average molecular weight is 399 g/mol. The maximum atomic E-state index is 5.63. The van der Waals surface area contributed by atoms with Crippen LogP contribution in [0.4, 0.5) is 5.69 Å². The Balaban J connectivity index is 1.66. The molecule has 0 amide bonds. The molecular weight excluding hydrogens is 366 g/mol. The first-order valence-corrected chi connectivity index (χ1v) is 10.6. The number of rotatable bonds is 6. The highest BCUT2D eigenvalue weighted by Gasteiger charge is 2.22. The quantitative estimate of drug-likeness (QED) is 0.654. The van der Waals surface area contributed by atoms with Crippen molar-refractivity contribution in [3.05, 3.63) is 65.2 Å². The largest absolute Gasteiger partial charge is 0.370 e. The van der Waals surface area contributed by atoms with E-state index in [1.54, 1.807) is 4.90 Å². The van der Waals surface area contributed by atoms with E-state index >= 15 is 0 Å². The van der Waals surface area contributed by atoms with Gasteiger partial charge >= 0.3 is 0 Å². The molecule has 28 heavy (non-hydrogen) atoms. The lowest BCUT2D eigenvalue weighted by atomic mass is 10.0. The minimum Gasteiger partial charge on any atom is -0.370 e. The maximum absolute atomic E-state index is 5.63. The topological polar surface area (TPSA) is 37.7 Å². The van der Waals surface area contributed by atoms with Crippen LogP contribution in [0.25, 0.3) is 0 Å². The lowest BCUT2D eigenvalue weighted by molar-refractivity contribution is -0.909. The van der Waals surface area contributed by atoms with Crippen molar-refractivity contribution in [3.8, 4) is 0 Å². The van der Waals surface area contributed by atoms with Gasteiger partial charge in [-0.25, -0.2) is 0 Å². The molecule has 0 spiro atoms. The third-order valence-electron chi connectivity index (χ3n) is 5.31. The molecule has 0 unspecified atom stereocenters. The summed E-state index contributed by atoms with van der Waals surface area (Å²) in [6, 6.07) is 17.4. The van der Waals surface area contributed by atoms with Gasteiger partial charge in [0.1, 0.15) is 25.7 Å². The van der Waals surface area contributed by atoms with Crippen molar-refractivity contribution in [2.75, 3.05) is 38.2 Å². The molecule has 4 nitrogen and oxygen atoms in total. The monoisotopic (exact) mass is 398 g/mol. The Labute approximate surface area is 174 Å². The van der Waals surface area contributed by atoms with Gasteiger partial charge in [-0.3, -0.25) is 0 Å². The summed E-state index contributed by atoms with van der Waals surface area (Å²) in [6.07, 6.45) is 0. The second-order valence-corrected chi connectivity index (χ2v) is 8.31. The molecule has 0 aromatic heterocycles. The van der Waals surface area contributed by atoms with E-state index < -0.39 is 0 Å². The fraction of sp³-hybridized carbons (Fsp3) is 0.435. The fourth-order valence-corrected chi connectivity index (χ4v) is 3.74. The van der Waals surface area contributed by atoms with Crippen molar-refractivity contribution in [3.63, 3.8) is 0 Å². The molecular formula is C23H32N3OS+. The van der Waals surface area contributed by atoms with Crippen LogP contribution in [0.3, 0.4) is 0 Å². The van der Waals surface area contributed by atoms with Crippen molar-refractivity contribution < 1.29 is 9.64 Å². The predicted molar refractivity (Wildman–Crippen MR) is 120 cm³/mol. The van der Waals surface area contributed by atoms with E-state index in [9.17, 15) is 0 Å². The molecule has 0 aliphatic carbocycles. The number of nitrogens with one attached hydrogen (secondary N) is 3. The highest BCUT2D eigenvalue weighted by atomic mass is 32.1. The second kappa shape index (κ2) is 10.0. The van der Waals surface area contributed by atoms with Gasteiger partial charge in [0.15, 0.2) is 5.11 Å². The van der Waals surface area contributed by atoms with Gasteiger partial charge < -0.3 is 20.3 Å². The summed E-state index contributed by atoms with van der Waals surface area (Å²) in [5, 5.41) is 7.55. The summed E-state index contributed by atoms with van der Waals surface area (Å²) in [5.74, 6) is 0.529. The Morgan fingerprint density at radius 1 is 1.00 bits per heavy atom. The molecule has 1 saturated heterocycles. The number of thiocarbonyl (C=S) groups is 1. The van der Waals surface area contributed by atoms with E-state index in [1.165, 1.54) is 16.7 Å². The van der Waals surface area contributed by atoms with Crippen molar-refractivity contribution in [1.82, 2.24) is 5.32 Å². The number of hydrogen-bond donors (Lipinski definition) is 3. The highest BCUT2D eigenvalue weighted by molar-refractivity contribution is 7.80. The molecule has 1 atom stereocenters. The molecule has 1 aliphatic heterocycles. The van der Waals surface area contributed by atoms with Gasteiger partial charge in [-0.1, -0.05) is 55.8 Å². The van der Waals surface area contributed by atoms with Crippen LogP contribution < -0.4 is 15.5 Å². The van der Waals surface area contributed by atoms with Gasteiger partial charge in [-0.15, -0.1) is 0 Å². The van der Waals surface area contributed by atoms with Crippen LogP contribution in [0.2, 0.25) is 0 Å². The summed E-state index contributed by atoms with van der Waals surface area (Å²) in [5.41, 5.74) is 4.89. The van der Waals surface area contributed by atoms with E-state index in [0.717, 1.165) is 38.5 Å². The van der Waals surface area contributed by atoms with Gasteiger partial charge in [0.05, 0.1) is 13.2 Å². The third kappa shape index (κ3) is 6.03. The molecule has 2 aromatic rings. The minimum absolute atomic E-state index is 0.170. The first-order valence-electron chi connectivity index (χ1n) is 10.2. The van der Waals surface area contributed by atoms with Crippen LogP contribution in [0.15, 0.2) is 48.5 Å². The SMILES string of the molecule is Cc1ccc([C@H](C[NH+]2CCOCC2)NC(=S)Nc2ccc(C(C)C)cc2)cc1. The first-order chi connectivity index (χ1) is 13.5. The average Bonchev–Trinajstić information content (AvgIpc) is 2.69. The maximum Gasteiger partial charge on any atom is 0.171 e. The van der Waals surface area contributed by atoms with Crippen LogP contribution in [-0.4, -0.2) is 38.0 Å². The molecule has 0 radical (unpaired) electrons. The minimum atomic E-state index is 0.170. The molecule has 1 heterocycles. The molecule has 0 bridgehead atoms. The summed E-state index contributed by atoms with van der Waals surface area (Å²) < 4.78 is 5.51. The summed E-state index contributed by atoms with van der Waals surface area (Å²) >= 11 is 5.63. The summed E-state index contributed by atoms with van der Waals surface area (Å²) in [7, 11) is 0. The van der Waals surface area contributed by atoms with Crippen LogP contribution in [0, 0.1) is 6.92 Å². The summed E-state index contributed by atoms with van der Waals surface area (Å²) in [6.45, 7) is 11.3. The number of hydrogen-bond acceptors (Lipinski definition) is 2. The van der Waals surface area contributed by atoms with E-state index in [4.69, 9.17) is 17.0 Å². The first kappa shape index (κ1) is 20.8. The van der Waals surface area contributed by atoms with Gasteiger partial charge in [0.25, 0.3) is 0 Å². The lowest BCUT2D eigenvalue weighted by Gasteiger charge is -2.29. The van der Waals surface area contributed by atoms with Gasteiger partial charge in [0, 0.05) is 5.69 Å². The standard InChI is InChI=1S/C23H31N3OS/c1-17(2)19-8-10-21(11-9-19)24-23(28)25-22(16-26-12-14-27-15-13-26)20-6-4-18(3)5-7-20/h4-11,17,22H,12-16H2,1-3H3,(H2,24,25,28)/p+1/t22-/m0/s1. The zero-order valence-corrected chi connectivity index (χ0v) is 17.9. The number of anilines is 1. The van der Waals surface area contributed by atoms with Crippen molar-refractivity contribution >= 4 is 23.0 Å². The van der Waals surface area contributed by atoms with Gasteiger partial charge in [0.2, 0.25) is 0 Å². The molecule has 2 aromatic carbocycles. The molecule has 3 rings (SSSR count). The zero-order chi connectivity index (χ0) is 19.9. The Morgan fingerprint density at radius 3 is 2.21 bits per heavy atom. The van der Waals surface area contributed by atoms with E-state index in [1.807, 2.05) is 0 Å². The molecule has 5 heteroatoms. The number of aryl methyl sites for hydroxylation is 1. The van der Waals surface area contributed by atoms with Crippen molar-refractivity contribution in [2.24, 2.45) is 0 Å². The molecule has 1 aliphatic rings. The molecule has 1 fully saturated rings. The molecule has 3 N–H and O–H groups in total. The van der Waals surface area contributed by atoms with Crippen molar-refractivity contribution in [2.45, 2.75) is 32.7 Å². The Morgan fingerprint density at radius 2 is 1.61 bits per heavy atom. The van der Waals surface area contributed by atoms with E-state index in [0.29, 0.717) is 11.0 Å². The smallest absolute Gasteiger partial charge is 0.171 e. The Kier molecular flexibility index (Phi) is 7.43. The second-order valence-electron chi connectivity index (χ2n) is 7.90. The molecule has 0 saturated carbocycles. The van der Waals surface area contributed by atoms with E-state index in [-0.39, 0.29) is 6.04 Å². The predicted octanol–water partition coefficient (Wildman–Crippen LogP) is 3.06. The van der Waals surface area contributed by atoms with Crippen LogP contribution in [-0.2, 0) is 4.74 Å². The van der Waals surface area contributed by atoms with Gasteiger partial charge in [-0.05, 0) is 48.3 Å². The number of ether oxygens (including phenoxy) is 1. The van der Waals surface area contributed by atoms with Crippen molar-refractivity contribution in [1.29, 1.82) is 0 Å². The van der Waals surface area contributed by atoms with Crippen LogP contribution >= 0.6 is 12.2 Å². The van der Waals surface area contributed by atoms with Crippen LogP contribution in [0.5, 0.6) is 0 Å². The lowest BCUT2D eigenvalue weighted by Crippen LogP contribution is -3.14. The highest BCUT2D eigenvalue weighted by Crippen LogP contribution is 2.18. The van der Waals surface area contributed by atoms with Crippen LogP contribution in [0.1, 0.15) is 42.5 Å². The van der Waals surface area contributed by atoms with E-state index in [2.05, 4.69) is 79.9 Å². The normalized spacial score (nSPS) is 16.0. The number of quaternary nitrogens is 1. The summed E-state index contributed by atoms with van der Waals surface area (Å²) in [4.78, 5) is 1.55. The van der Waals surface area contributed by atoms with Gasteiger partial charge in [-0.2, -0.15) is 0 Å². The Hall–Kier alpha value is -1.95. The third-order valence-corrected chi connectivity index (χ3v) is 5.53. The fourth-order valence-electron chi connectivity index (χ4n) is 3.48. The number of morpholine rings is 1. The zero-order valence-electron chi connectivity index (χ0n) is 17.1. The Bertz CT molecular complexity index is 752. The molecule has 150 valence electrons. The number of benzene rings is 2.